The molecule has 3 rings (SSSR count). The van der Waals surface area contributed by atoms with Gasteiger partial charge in [0, 0.05) is 16.5 Å². The van der Waals surface area contributed by atoms with Gasteiger partial charge < -0.3 is 19.6 Å². The molecule has 1 aliphatic rings. The number of carbonyl (C=O) groups is 2. The van der Waals surface area contributed by atoms with Gasteiger partial charge in [0.2, 0.25) is 0 Å². The summed E-state index contributed by atoms with van der Waals surface area (Å²) in [7, 11) is 0. The summed E-state index contributed by atoms with van der Waals surface area (Å²) in [6, 6.07) is 2.67. The zero-order valence-corrected chi connectivity index (χ0v) is 17.9. The quantitative estimate of drug-likeness (QED) is 0.672. The van der Waals surface area contributed by atoms with Crippen molar-refractivity contribution in [2.45, 2.75) is 71.9 Å². The van der Waals surface area contributed by atoms with Gasteiger partial charge >= 0.3 is 11.6 Å². The fraction of sp³-hybridized carbons (Fsp3) is 0.522. The minimum absolute atomic E-state index is 0.207. The Labute approximate surface area is 175 Å². The number of hydrogen-bond acceptors (Lipinski definition) is 5. The van der Waals surface area contributed by atoms with Gasteiger partial charge in [0.05, 0.1) is 0 Å². The topological polar surface area (TPSA) is 106 Å². The molecule has 1 amide bonds. The smallest absolute Gasteiger partial charge is 0.339 e. The molecule has 1 aliphatic carbocycles. The van der Waals surface area contributed by atoms with Crippen molar-refractivity contribution in [3.05, 3.63) is 39.2 Å². The number of carbonyl (C=O) groups excluding carboxylic acids is 1. The molecule has 1 aromatic carbocycles. The van der Waals surface area contributed by atoms with Crippen LogP contribution in [0.1, 0.15) is 56.7 Å². The number of amides is 1. The van der Waals surface area contributed by atoms with Crippen molar-refractivity contribution in [3.8, 4) is 5.75 Å². The first-order chi connectivity index (χ1) is 14.2. The predicted molar refractivity (Wildman–Crippen MR) is 113 cm³/mol. The molecule has 1 aromatic heterocycles. The summed E-state index contributed by atoms with van der Waals surface area (Å²) in [5.41, 5.74) is 2.63. The molecule has 2 N–H and O–H groups in total. The van der Waals surface area contributed by atoms with Crippen molar-refractivity contribution in [1.29, 1.82) is 0 Å². The highest BCUT2D eigenvalue weighted by Gasteiger charge is 2.28. The lowest BCUT2D eigenvalue weighted by molar-refractivity contribution is -0.144. The largest absolute Gasteiger partial charge is 0.480 e. The van der Waals surface area contributed by atoms with Crippen LogP contribution in [0.2, 0.25) is 0 Å². The van der Waals surface area contributed by atoms with E-state index in [4.69, 9.17) is 9.15 Å². The summed E-state index contributed by atoms with van der Waals surface area (Å²) in [5.74, 6) is -1.35. The lowest BCUT2D eigenvalue weighted by atomic mass is 9.90. The van der Waals surface area contributed by atoms with Crippen LogP contribution in [-0.2, 0) is 22.4 Å². The molecule has 0 fully saturated rings. The van der Waals surface area contributed by atoms with Gasteiger partial charge in [-0.25, -0.2) is 9.59 Å². The third-order valence-electron chi connectivity index (χ3n) is 6.04. The number of hydrogen-bond donors (Lipinski definition) is 2. The maximum atomic E-state index is 12.5. The average Bonchev–Trinajstić information content (AvgIpc) is 2.73. The van der Waals surface area contributed by atoms with Gasteiger partial charge in [-0.15, -0.1) is 0 Å². The minimum Gasteiger partial charge on any atom is -0.480 e. The number of aryl methyl sites for hydroxylation is 2. The summed E-state index contributed by atoms with van der Waals surface area (Å²) < 4.78 is 11.4. The average molecular weight is 415 g/mol. The zero-order valence-electron chi connectivity index (χ0n) is 17.9. The van der Waals surface area contributed by atoms with E-state index in [1.807, 2.05) is 13.0 Å². The van der Waals surface area contributed by atoms with Crippen LogP contribution in [0, 0.1) is 12.8 Å². The predicted octanol–water partition coefficient (Wildman–Crippen LogP) is 3.36. The standard InChI is InChI=1S/C23H29NO6/c1-5-12(2)19(22(26)27)24-21(25)14(4)29-18-11-10-16-15-8-6-7-9-17(15)23(28)30-20(16)13(18)3/h10-12,14,19H,5-9H2,1-4H3,(H,24,25)(H,26,27)/t12-,14-,19+/m1/s1. The third kappa shape index (κ3) is 4.20. The van der Waals surface area contributed by atoms with E-state index >= 15 is 0 Å². The lowest BCUT2D eigenvalue weighted by Crippen LogP contribution is -2.49. The molecule has 0 bridgehead atoms. The molecule has 0 radical (unpaired) electrons. The Bertz CT molecular complexity index is 1020. The van der Waals surface area contributed by atoms with Gasteiger partial charge in [0.1, 0.15) is 17.4 Å². The number of aliphatic carboxylic acids is 1. The Kier molecular flexibility index (Phi) is 6.48. The Morgan fingerprint density at radius 1 is 1.20 bits per heavy atom. The molecule has 0 aliphatic heterocycles. The summed E-state index contributed by atoms with van der Waals surface area (Å²) in [6.07, 6.45) is 3.34. The molecule has 0 saturated carbocycles. The number of rotatable bonds is 7. The van der Waals surface area contributed by atoms with Crippen molar-refractivity contribution >= 4 is 22.8 Å². The van der Waals surface area contributed by atoms with E-state index in [-0.39, 0.29) is 11.5 Å². The van der Waals surface area contributed by atoms with Crippen molar-refractivity contribution in [3.63, 3.8) is 0 Å². The van der Waals surface area contributed by atoms with Gasteiger partial charge in [-0.05, 0) is 63.1 Å². The van der Waals surface area contributed by atoms with Crippen LogP contribution >= 0.6 is 0 Å². The number of fused-ring (bicyclic) bond motifs is 3. The monoisotopic (exact) mass is 415 g/mol. The van der Waals surface area contributed by atoms with Crippen LogP contribution in [0.5, 0.6) is 5.75 Å². The van der Waals surface area contributed by atoms with Crippen LogP contribution in [0.4, 0.5) is 0 Å². The molecule has 0 saturated heterocycles. The summed E-state index contributed by atoms with van der Waals surface area (Å²) >= 11 is 0. The molecular formula is C23H29NO6. The van der Waals surface area contributed by atoms with Crippen molar-refractivity contribution in [2.24, 2.45) is 5.92 Å². The lowest BCUT2D eigenvalue weighted by Gasteiger charge is -2.23. The highest BCUT2D eigenvalue weighted by molar-refractivity contribution is 5.88. The second-order valence-corrected chi connectivity index (χ2v) is 8.09. The van der Waals surface area contributed by atoms with Crippen molar-refractivity contribution < 1.29 is 23.8 Å². The van der Waals surface area contributed by atoms with Crippen LogP contribution in [0.3, 0.4) is 0 Å². The Morgan fingerprint density at radius 2 is 1.87 bits per heavy atom. The maximum Gasteiger partial charge on any atom is 0.339 e. The molecule has 2 aromatic rings. The van der Waals surface area contributed by atoms with E-state index in [0.717, 1.165) is 42.2 Å². The van der Waals surface area contributed by atoms with Crippen molar-refractivity contribution in [1.82, 2.24) is 5.32 Å². The highest BCUT2D eigenvalue weighted by atomic mass is 16.5. The molecule has 30 heavy (non-hydrogen) atoms. The number of carboxylic acids is 1. The van der Waals surface area contributed by atoms with E-state index < -0.39 is 24.0 Å². The van der Waals surface area contributed by atoms with Crippen LogP contribution in [0.25, 0.3) is 11.0 Å². The second-order valence-electron chi connectivity index (χ2n) is 8.09. The fourth-order valence-electron chi connectivity index (χ4n) is 3.95. The second kappa shape index (κ2) is 8.90. The van der Waals surface area contributed by atoms with E-state index in [1.54, 1.807) is 26.8 Å². The number of benzene rings is 1. The third-order valence-corrected chi connectivity index (χ3v) is 6.04. The molecular weight excluding hydrogens is 386 g/mol. The highest BCUT2D eigenvalue weighted by Crippen LogP contribution is 2.33. The van der Waals surface area contributed by atoms with Gasteiger partial charge in [0.25, 0.3) is 5.91 Å². The first-order valence-electron chi connectivity index (χ1n) is 10.5. The number of ether oxygens (including phenoxy) is 1. The van der Waals surface area contributed by atoms with E-state index in [1.165, 1.54) is 0 Å². The molecule has 7 nitrogen and oxygen atoms in total. The van der Waals surface area contributed by atoms with Crippen LogP contribution in [-0.4, -0.2) is 29.1 Å². The van der Waals surface area contributed by atoms with Crippen LogP contribution < -0.4 is 15.7 Å². The van der Waals surface area contributed by atoms with Gasteiger partial charge in [-0.3, -0.25) is 4.79 Å². The van der Waals surface area contributed by atoms with E-state index in [2.05, 4.69) is 5.32 Å². The minimum atomic E-state index is -1.07. The normalized spacial score (nSPS) is 16.4. The maximum absolute atomic E-state index is 12.5. The first kappa shape index (κ1) is 21.9. The van der Waals surface area contributed by atoms with Gasteiger partial charge in [-0.2, -0.15) is 0 Å². The Balaban J connectivity index is 1.85. The van der Waals surface area contributed by atoms with E-state index in [0.29, 0.717) is 23.3 Å². The van der Waals surface area contributed by atoms with Crippen molar-refractivity contribution in [2.75, 3.05) is 0 Å². The summed E-state index contributed by atoms with van der Waals surface area (Å²) in [6.45, 7) is 7.01. The Morgan fingerprint density at radius 3 is 2.50 bits per heavy atom. The SMILES string of the molecule is CC[C@@H](C)[C@H](NC(=O)[C@@H](C)Oc1ccc2c3c(c(=O)oc2c1C)CCCC3)C(=O)O. The molecule has 0 spiro atoms. The molecule has 3 atom stereocenters. The molecule has 1 heterocycles. The zero-order chi connectivity index (χ0) is 22.0. The fourth-order valence-corrected chi connectivity index (χ4v) is 3.95. The number of carboxylic acid groups (broad SMARTS) is 1. The summed E-state index contributed by atoms with van der Waals surface area (Å²) in [4.78, 5) is 36.4. The van der Waals surface area contributed by atoms with Gasteiger partial charge in [0.15, 0.2) is 6.10 Å². The number of nitrogens with one attached hydrogen (secondary N) is 1. The summed E-state index contributed by atoms with van der Waals surface area (Å²) in [5, 5.41) is 12.9. The molecule has 7 heteroatoms. The first-order valence-corrected chi connectivity index (χ1v) is 10.5. The molecule has 0 unspecified atom stereocenters. The van der Waals surface area contributed by atoms with E-state index in [9.17, 15) is 19.5 Å². The van der Waals surface area contributed by atoms with Gasteiger partial charge in [-0.1, -0.05) is 20.3 Å². The van der Waals surface area contributed by atoms with Crippen LogP contribution in [0.15, 0.2) is 21.3 Å². The molecule has 162 valence electrons. The Hall–Kier alpha value is -2.83.